The number of pyridine rings is 1. The molecule has 0 saturated carbocycles. The van der Waals surface area contributed by atoms with E-state index in [1.54, 1.807) is 0 Å². The quantitative estimate of drug-likeness (QED) is 0.579. The molecule has 2 N–H and O–H groups in total. The van der Waals surface area contributed by atoms with E-state index in [0.29, 0.717) is 16.9 Å². The third kappa shape index (κ3) is 5.72. The fraction of sp³-hybridized carbons (Fsp3) is 0.520. The number of rotatable bonds is 5. The normalized spacial score (nSPS) is 22.9. The first kappa shape index (κ1) is 23.3. The van der Waals surface area contributed by atoms with Gasteiger partial charge in [-0.05, 0) is 73.1 Å². The monoisotopic (exact) mass is 472 g/mol. The van der Waals surface area contributed by atoms with Crippen molar-refractivity contribution in [3.63, 3.8) is 0 Å². The van der Waals surface area contributed by atoms with Gasteiger partial charge in [-0.2, -0.15) is 0 Å². The number of benzene rings is 1. The van der Waals surface area contributed by atoms with Crippen LogP contribution in [-0.2, 0) is 10.2 Å². The average molecular weight is 473 g/mol. The molecule has 2 aromatic rings. The number of hydrogen-bond donors (Lipinski definition) is 2. The Bertz CT molecular complexity index is 889. The molecule has 2 atom stereocenters. The van der Waals surface area contributed by atoms with Crippen molar-refractivity contribution < 1.29 is 4.74 Å². The van der Waals surface area contributed by atoms with Gasteiger partial charge in [-0.3, -0.25) is 0 Å². The number of anilines is 2. The van der Waals surface area contributed by atoms with E-state index in [1.165, 1.54) is 12.0 Å². The molecule has 172 valence electrons. The van der Waals surface area contributed by atoms with Gasteiger partial charge in [0.25, 0.3) is 0 Å². The van der Waals surface area contributed by atoms with E-state index < -0.39 is 0 Å². The van der Waals surface area contributed by atoms with Crippen molar-refractivity contribution in [1.29, 1.82) is 0 Å². The zero-order valence-electron chi connectivity index (χ0n) is 18.9. The SMILES string of the molecule is C[C@@H]1C[C@@H](C)CN(c2ccc(NC(=S)NCC3(c4ccc(Cl)cc4)CCOCC3)cn2)C1. The first-order valence-electron chi connectivity index (χ1n) is 11.5. The molecule has 0 radical (unpaired) electrons. The van der Waals surface area contributed by atoms with Crippen molar-refractivity contribution in [3.8, 4) is 0 Å². The molecule has 4 rings (SSSR count). The molecule has 5 nitrogen and oxygen atoms in total. The number of nitrogens with zero attached hydrogens (tertiary/aromatic N) is 2. The second-order valence-corrected chi connectivity index (χ2v) is 10.3. The van der Waals surface area contributed by atoms with Crippen molar-refractivity contribution in [1.82, 2.24) is 10.3 Å². The summed E-state index contributed by atoms with van der Waals surface area (Å²) < 4.78 is 5.63. The van der Waals surface area contributed by atoms with E-state index in [9.17, 15) is 0 Å². The third-order valence-corrected chi connectivity index (χ3v) is 7.19. The van der Waals surface area contributed by atoms with Gasteiger partial charge in [0.15, 0.2) is 5.11 Å². The van der Waals surface area contributed by atoms with Gasteiger partial charge < -0.3 is 20.3 Å². The molecular formula is C25H33ClN4OS. The highest BCUT2D eigenvalue weighted by Gasteiger charge is 2.34. The minimum atomic E-state index is -0.0155. The number of piperidine rings is 1. The minimum Gasteiger partial charge on any atom is -0.381 e. The molecule has 2 aliphatic rings. The van der Waals surface area contributed by atoms with Crippen LogP contribution in [0.4, 0.5) is 11.5 Å². The Morgan fingerprint density at radius 2 is 1.81 bits per heavy atom. The summed E-state index contributed by atoms with van der Waals surface area (Å²) in [6.07, 6.45) is 5.07. The fourth-order valence-electron chi connectivity index (χ4n) is 5.05. The van der Waals surface area contributed by atoms with Gasteiger partial charge >= 0.3 is 0 Å². The smallest absolute Gasteiger partial charge is 0.170 e. The Morgan fingerprint density at radius 1 is 1.12 bits per heavy atom. The van der Waals surface area contributed by atoms with E-state index >= 15 is 0 Å². The molecule has 2 aliphatic heterocycles. The lowest BCUT2D eigenvalue weighted by Gasteiger charge is -2.38. The highest BCUT2D eigenvalue weighted by Crippen LogP contribution is 2.35. The van der Waals surface area contributed by atoms with Crippen molar-refractivity contribution >= 4 is 40.4 Å². The Hall–Kier alpha value is -1.89. The lowest BCUT2D eigenvalue weighted by molar-refractivity contribution is 0.0515. The maximum atomic E-state index is 6.11. The van der Waals surface area contributed by atoms with E-state index in [4.69, 9.17) is 33.5 Å². The molecule has 32 heavy (non-hydrogen) atoms. The zero-order chi connectivity index (χ0) is 22.6. The van der Waals surface area contributed by atoms with E-state index in [2.05, 4.69) is 53.6 Å². The Kier molecular flexibility index (Phi) is 7.54. The molecule has 0 unspecified atom stereocenters. The summed E-state index contributed by atoms with van der Waals surface area (Å²) >= 11 is 11.7. The lowest BCUT2D eigenvalue weighted by atomic mass is 9.74. The largest absolute Gasteiger partial charge is 0.381 e. The van der Waals surface area contributed by atoms with Crippen LogP contribution in [0.15, 0.2) is 42.6 Å². The zero-order valence-corrected chi connectivity index (χ0v) is 20.5. The summed E-state index contributed by atoms with van der Waals surface area (Å²) in [6.45, 7) is 9.03. The fourth-order valence-corrected chi connectivity index (χ4v) is 5.37. The van der Waals surface area contributed by atoms with Gasteiger partial charge in [0.2, 0.25) is 0 Å². The van der Waals surface area contributed by atoms with Crippen LogP contribution in [0.5, 0.6) is 0 Å². The van der Waals surface area contributed by atoms with Gasteiger partial charge in [0.05, 0.1) is 11.9 Å². The van der Waals surface area contributed by atoms with E-state index in [-0.39, 0.29) is 5.41 Å². The predicted octanol–water partition coefficient (Wildman–Crippen LogP) is 5.25. The van der Waals surface area contributed by atoms with Crippen LogP contribution in [0.3, 0.4) is 0 Å². The number of thiocarbonyl (C=S) groups is 1. The Labute approximate surface area is 201 Å². The standard InChI is InChI=1S/C25H33ClN4OS/c1-18-13-19(2)16-30(15-18)23-8-7-22(14-27-23)29-24(32)28-17-25(9-11-31-12-10-25)20-3-5-21(26)6-4-20/h3-8,14,18-19H,9-13,15-17H2,1-2H3,(H2,28,29,32)/t18-,19-/m1/s1. The Morgan fingerprint density at radius 3 is 2.44 bits per heavy atom. The molecule has 7 heteroatoms. The van der Waals surface area contributed by atoms with E-state index in [0.717, 1.165) is 62.2 Å². The molecular weight excluding hydrogens is 440 g/mol. The van der Waals surface area contributed by atoms with Crippen molar-refractivity contribution in [3.05, 3.63) is 53.2 Å². The van der Waals surface area contributed by atoms with Gasteiger partial charge in [0.1, 0.15) is 5.82 Å². The molecule has 0 aliphatic carbocycles. The van der Waals surface area contributed by atoms with Gasteiger partial charge in [-0.25, -0.2) is 4.98 Å². The van der Waals surface area contributed by atoms with Crippen LogP contribution in [-0.4, -0.2) is 42.9 Å². The summed E-state index contributed by atoms with van der Waals surface area (Å²) in [7, 11) is 0. The van der Waals surface area contributed by atoms with Crippen LogP contribution in [0, 0.1) is 11.8 Å². The number of ether oxygens (including phenoxy) is 1. The third-order valence-electron chi connectivity index (χ3n) is 6.69. The summed E-state index contributed by atoms with van der Waals surface area (Å²) in [5.41, 5.74) is 2.16. The van der Waals surface area contributed by atoms with Crippen LogP contribution >= 0.6 is 23.8 Å². The van der Waals surface area contributed by atoms with Gasteiger partial charge in [-0.15, -0.1) is 0 Å². The maximum Gasteiger partial charge on any atom is 0.170 e. The van der Waals surface area contributed by atoms with Crippen molar-refractivity contribution in [2.75, 3.05) is 43.1 Å². The second-order valence-electron chi connectivity index (χ2n) is 9.46. The maximum absolute atomic E-state index is 6.11. The van der Waals surface area contributed by atoms with Crippen LogP contribution in [0.1, 0.15) is 38.7 Å². The summed E-state index contributed by atoms with van der Waals surface area (Å²) in [5, 5.41) is 8.10. The van der Waals surface area contributed by atoms with Crippen molar-refractivity contribution in [2.45, 2.75) is 38.5 Å². The predicted molar refractivity (Wildman–Crippen MR) is 137 cm³/mol. The number of hydrogen-bond acceptors (Lipinski definition) is 4. The molecule has 1 aromatic carbocycles. The van der Waals surface area contributed by atoms with Gasteiger partial charge in [-0.1, -0.05) is 37.6 Å². The first-order valence-corrected chi connectivity index (χ1v) is 12.3. The van der Waals surface area contributed by atoms with E-state index in [1.807, 2.05) is 18.3 Å². The van der Waals surface area contributed by atoms with Gasteiger partial charge in [0, 0.05) is 43.3 Å². The lowest BCUT2D eigenvalue weighted by Crippen LogP contribution is -2.45. The topological polar surface area (TPSA) is 49.4 Å². The molecule has 2 fully saturated rings. The molecule has 0 spiro atoms. The van der Waals surface area contributed by atoms with Crippen molar-refractivity contribution in [2.24, 2.45) is 11.8 Å². The molecule has 2 saturated heterocycles. The highest BCUT2D eigenvalue weighted by atomic mass is 35.5. The van der Waals surface area contributed by atoms with Crippen LogP contribution in [0.2, 0.25) is 5.02 Å². The molecule has 0 bridgehead atoms. The second kappa shape index (κ2) is 10.4. The highest BCUT2D eigenvalue weighted by molar-refractivity contribution is 7.80. The molecule has 3 heterocycles. The van der Waals surface area contributed by atoms with Crippen LogP contribution < -0.4 is 15.5 Å². The number of aromatic nitrogens is 1. The average Bonchev–Trinajstić information content (AvgIpc) is 2.79. The summed E-state index contributed by atoms with van der Waals surface area (Å²) in [6, 6.07) is 12.3. The van der Waals surface area contributed by atoms with Crippen LogP contribution in [0.25, 0.3) is 0 Å². The molecule has 1 aromatic heterocycles. The summed E-state index contributed by atoms with van der Waals surface area (Å²) in [4.78, 5) is 7.08. The Balaban J connectivity index is 1.36. The summed E-state index contributed by atoms with van der Waals surface area (Å²) in [5.74, 6) is 2.44. The first-order chi connectivity index (χ1) is 15.4. The minimum absolute atomic E-state index is 0.0155. The number of nitrogens with one attached hydrogen (secondary N) is 2. The number of halogens is 1. The molecule has 0 amide bonds.